The fourth-order valence-corrected chi connectivity index (χ4v) is 1.47. The van der Waals surface area contributed by atoms with E-state index in [1.165, 1.54) is 0 Å². The van der Waals surface area contributed by atoms with Gasteiger partial charge in [-0.3, -0.25) is 9.78 Å². The van der Waals surface area contributed by atoms with Crippen LogP contribution in [0.4, 0.5) is 5.69 Å². The van der Waals surface area contributed by atoms with Crippen LogP contribution in [0.25, 0.3) is 0 Å². The van der Waals surface area contributed by atoms with E-state index in [4.69, 9.17) is 5.73 Å². The summed E-state index contributed by atoms with van der Waals surface area (Å²) in [6.07, 6.45) is 2.16. The Morgan fingerprint density at radius 1 is 1.54 bits per heavy atom. The van der Waals surface area contributed by atoms with E-state index >= 15 is 0 Å². The third-order valence-electron chi connectivity index (χ3n) is 2.20. The molecule has 1 atom stereocenters. The van der Waals surface area contributed by atoms with Crippen LogP contribution in [0.15, 0.2) is 18.3 Å². The first-order valence-corrected chi connectivity index (χ1v) is 4.24. The maximum Gasteiger partial charge on any atom is 0.220 e. The Morgan fingerprint density at radius 3 is 2.92 bits per heavy atom. The van der Waals surface area contributed by atoms with Gasteiger partial charge < -0.3 is 11.1 Å². The number of hydrogen-bond donors (Lipinski definition) is 2. The largest absolute Gasteiger partial charge is 0.397 e. The van der Waals surface area contributed by atoms with E-state index in [0.717, 1.165) is 5.69 Å². The molecule has 1 fully saturated rings. The SMILES string of the molecule is Nc1ccc([C@H]2CNC(=O)C2)nc1. The number of carbonyl (C=O) groups is 1. The molecule has 4 nitrogen and oxygen atoms in total. The Morgan fingerprint density at radius 2 is 2.38 bits per heavy atom. The lowest BCUT2D eigenvalue weighted by Crippen LogP contribution is -2.13. The standard InChI is InChI=1S/C9H11N3O/c10-7-1-2-8(11-5-7)6-3-9(13)12-4-6/h1-2,5-6H,3-4,10H2,(H,12,13)/t6-/m1/s1. The van der Waals surface area contributed by atoms with Crippen molar-refractivity contribution in [1.29, 1.82) is 0 Å². The zero-order valence-electron chi connectivity index (χ0n) is 7.16. The van der Waals surface area contributed by atoms with Crippen LogP contribution >= 0.6 is 0 Å². The van der Waals surface area contributed by atoms with Gasteiger partial charge in [-0.15, -0.1) is 0 Å². The minimum Gasteiger partial charge on any atom is -0.397 e. The second kappa shape index (κ2) is 3.05. The number of nitrogens with zero attached hydrogens (tertiary/aromatic N) is 1. The van der Waals surface area contributed by atoms with Crippen LogP contribution in [0.3, 0.4) is 0 Å². The zero-order chi connectivity index (χ0) is 9.26. The number of pyridine rings is 1. The van der Waals surface area contributed by atoms with Crippen LogP contribution in [0, 0.1) is 0 Å². The summed E-state index contributed by atoms with van der Waals surface area (Å²) in [5.74, 6) is 0.316. The number of carbonyl (C=O) groups excluding carboxylic acids is 1. The molecule has 0 radical (unpaired) electrons. The van der Waals surface area contributed by atoms with Gasteiger partial charge >= 0.3 is 0 Å². The van der Waals surface area contributed by atoms with Gasteiger partial charge in [-0.2, -0.15) is 0 Å². The van der Waals surface area contributed by atoms with E-state index < -0.39 is 0 Å². The molecule has 0 aliphatic carbocycles. The van der Waals surface area contributed by atoms with Crippen LogP contribution < -0.4 is 11.1 Å². The summed E-state index contributed by atoms with van der Waals surface area (Å²) in [6, 6.07) is 3.69. The minimum absolute atomic E-state index is 0.101. The molecule has 1 saturated heterocycles. The molecule has 1 amide bonds. The number of amides is 1. The van der Waals surface area contributed by atoms with E-state index in [0.29, 0.717) is 18.7 Å². The molecule has 3 N–H and O–H groups in total. The van der Waals surface area contributed by atoms with E-state index in [2.05, 4.69) is 10.3 Å². The molecule has 0 unspecified atom stereocenters. The monoisotopic (exact) mass is 177 g/mol. The molecule has 2 rings (SSSR count). The number of nitrogens with one attached hydrogen (secondary N) is 1. The van der Waals surface area contributed by atoms with Crippen molar-refractivity contribution < 1.29 is 4.79 Å². The Kier molecular flexibility index (Phi) is 1.88. The third-order valence-corrected chi connectivity index (χ3v) is 2.20. The van der Waals surface area contributed by atoms with Crippen molar-refractivity contribution in [3.8, 4) is 0 Å². The zero-order valence-corrected chi connectivity index (χ0v) is 7.16. The Bertz CT molecular complexity index is 320. The van der Waals surface area contributed by atoms with Crippen molar-refractivity contribution in [2.24, 2.45) is 0 Å². The number of anilines is 1. The van der Waals surface area contributed by atoms with Gasteiger partial charge in [0.25, 0.3) is 0 Å². The highest BCUT2D eigenvalue weighted by atomic mass is 16.1. The first kappa shape index (κ1) is 8.04. The van der Waals surface area contributed by atoms with Crippen LogP contribution in [0.5, 0.6) is 0 Å². The Hall–Kier alpha value is -1.58. The van der Waals surface area contributed by atoms with Crippen molar-refractivity contribution in [1.82, 2.24) is 10.3 Å². The summed E-state index contributed by atoms with van der Waals surface area (Å²) in [5, 5.41) is 2.77. The highest BCUT2D eigenvalue weighted by molar-refractivity contribution is 5.79. The van der Waals surface area contributed by atoms with Gasteiger partial charge in [0, 0.05) is 24.6 Å². The summed E-state index contributed by atoms with van der Waals surface area (Å²) in [5.41, 5.74) is 7.10. The van der Waals surface area contributed by atoms with Crippen molar-refractivity contribution >= 4 is 11.6 Å². The van der Waals surface area contributed by atoms with E-state index in [1.54, 1.807) is 6.20 Å². The van der Waals surface area contributed by atoms with Gasteiger partial charge in [0.15, 0.2) is 0 Å². The van der Waals surface area contributed by atoms with E-state index in [-0.39, 0.29) is 11.8 Å². The van der Waals surface area contributed by atoms with Gasteiger partial charge in [-0.1, -0.05) is 0 Å². The number of hydrogen-bond acceptors (Lipinski definition) is 3. The molecule has 1 aliphatic heterocycles. The molecule has 13 heavy (non-hydrogen) atoms. The molecule has 0 aromatic carbocycles. The van der Waals surface area contributed by atoms with Gasteiger partial charge in [0.05, 0.1) is 11.9 Å². The average Bonchev–Trinajstić information content (AvgIpc) is 2.53. The summed E-state index contributed by atoms with van der Waals surface area (Å²) >= 11 is 0. The second-order valence-corrected chi connectivity index (χ2v) is 3.22. The topological polar surface area (TPSA) is 68.0 Å². The van der Waals surface area contributed by atoms with E-state index in [1.807, 2.05) is 12.1 Å². The molecule has 68 valence electrons. The fraction of sp³-hybridized carbons (Fsp3) is 0.333. The summed E-state index contributed by atoms with van der Waals surface area (Å²) in [7, 11) is 0. The van der Waals surface area contributed by atoms with Crippen molar-refractivity contribution in [2.75, 3.05) is 12.3 Å². The lowest BCUT2D eigenvalue weighted by molar-refractivity contribution is -0.119. The first-order chi connectivity index (χ1) is 6.25. The molecule has 1 aliphatic rings. The second-order valence-electron chi connectivity index (χ2n) is 3.22. The lowest BCUT2D eigenvalue weighted by atomic mass is 10.0. The predicted molar refractivity (Wildman–Crippen MR) is 49.0 cm³/mol. The molecule has 2 heterocycles. The van der Waals surface area contributed by atoms with Crippen LogP contribution in [-0.4, -0.2) is 17.4 Å². The number of nitrogen functional groups attached to an aromatic ring is 1. The fourth-order valence-electron chi connectivity index (χ4n) is 1.47. The van der Waals surface area contributed by atoms with Gasteiger partial charge in [-0.05, 0) is 12.1 Å². The van der Waals surface area contributed by atoms with Crippen molar-refractivity contribution in [3.63, 3.8) is 0 Å². The van der Waals surface area contributed by atoms with Crippen molar-refractivity contribution in [3.05, 3.63) is 24.0 Å². The molecule has 1 aromatic heterocycles. The molecule has 0 spiro atoms. The quantitative estimate of drug-likeness (QED) is 0.646. The maximum atomic E-state index is 10.9. The first-order valence-electron chi connectivity index (χ1n) is 4.24. The maximum absolute atomic E-state index is 10.9. The number of rotatable bonds is 1. The number of aromatic nitrogens is 1. The average molecular weight is 177 g/mol. The summed E-state index contributed by atoms with van der Waals surface area (Å²) in [4.78, 5) is 15.1. The Balaban J connectivity index is 2.17. The predicted octanol–water partition coefficient (Wildman–Crippen LogP) is 0.267. The molecule has 0 bridgehead atoms. The van der Waals surface area contributed by atoms with Gasteiger partial charge in [0.2, 0.25) is 5.91 Å². The Labute approximate surface area is 76.2 Å². The number of nitrogens with two attached hydrogens (primary N) is 1. The molecule has 1 aromatic rings. The normalized spacial score (nSPS) is 21.5. The van der Waals surface area contributed by atoms with E-state index in [9.17, 15) is 4.79 Å². The molecular formula is C9H11N3O. The lowest BCUT2D eigenvalue weighted by Gasteiger charge is -2.05. The summed E-state index contributed by atoms with van der Waals surface area (Å²) in [6.45, 7) is 0.690. The van der Waals surface area contributed by atoms with Crippen LogP contribution in [0.2, 0.25) is 0 Å². The molecule has 0 saturated carbocycles. The highest BCUT2D eigenvalue weighted by Crippen LogP contribution is 2.21. The van der Waals surface area contributed by atoms with Gasteiger partial charge in [-0.25, -0.2) is 0 Å². The van der Waals surface area contributed by atoms with Crippen LogP contribution in [-0.2, 0) is 4.79 Å². The molecule has 4 heteroatoms. The molecular weight excluding hydrogens is 166 g/mol. The minimum atomic E-state index is 0.101. The van der Waals surface area contributed by atoms with Crippen LogP contribution in [0.1, 0.15) is 18.0 Å². The summed E-state index contributed by atoms with van der Waals surface area (Å²) < 4.78 is 0. The smallest absolute Gasteiger partial charge is 0.220 e. The highest BCUT2D eigenvalue weighted by Gasteiger charge is 2.23. The third kappa shape index (κ3) is 1.61. The van der Waals surface area contributed by atoms with Gasteiger partial charge in [0.1, 0.15) is 0 Å². The van der Waals surface area contributed by atoms with Crippen molar-refractivity contribution in [2.45, 2.75) is 12.3 Å².